The van der Waals surface area contributed by atoms with Crippen molar-refractivity contribution in [3.05, 3.63) is 29.8 Å². The zero-order valence-corrected chi connectivity index (χ0v) is 20.9. The van der Waals surface area contributed by atoms with Gasteiger partial charge in [0.25, 0.3) is 0 Å². The molecule has 0 saturated carbocycles. The molecule has 4 nitrogen and oxygen atoms in total. The average Bonchev–Trinajstić information content (AvgIpc) is 2.69. The highest BCUT2D eigenvalue weighted by Crippen LogP contribution is 2.38. The van der Waals surface area contributed by atoms with E-state index in [0.717, 1.165) is 17.7 Å². The Hall–Kier alpha value is -1.61. The lowest BCUT2D eigenvalue weighted by Gasteiger charge is -2.40. The van der Waals surface area contributed by atoms with Crippen LogP contribution in [0.4, 0.5) is 0 Å². The Morgan fingerprint density at radius 2 is 1.83 bits per heavy atom. The smallest absolute Gasteiger partial charge is 0.192 e. The van der Waals surface area contributed by atoms with E-state index in [1.807, 2.05) is 31.2 Å². The van der Waals surface area contributed by atoms with E-state index in [2.05, 4.69) is 39.8 Å². The highest BCUT2D eigenvalue weighted by Gasteiger charge is 2.40. The van der Waals surface area contributed by atoms with Gasteiger partial charge in [-0.25, -0.2) is 0 Å². The second kappa shape index (κ2) is 12.3. The standard InChI is InChI=1S/C25H40O4Si/c1-9-10-11-12-23(26)20(2)24(29-30(7,8)25(3,4)5)17-18-28-19-21-13-15-22(27-6)16-14-21/h1,13-16,20,24H,10-12,17-19H2,2-8H3/t20-,24+/m1/s1. The van der Waals surface area contributed by atoms with Crippen molar-refractivity contribution in [3.8, 4) is 18.1 Å². The molecule has 0 spiro atoms. The minimum atomic E-state index is -2.00. The second-order valence-electron chi connectivity index (χ2n) is 9.42. The molecule has 0 unspecified atom stereocenters. The molecule has 0 fully saturated rings. The Balaban J connectivity index is 2.71. The lowest BCUT2D eigenvalue weighted by atomic mass is 9.94. The number of hydrogen-bond donors (Lipinski definition) is 0. The third kappa shape index (κ3) is 8.63. The minimum Gasteiger partial charge on any atom is -0.497 e. The molecule has 0 saturated heterocycles. The molecule has 0 N–H and O–H groups in total. The fraction of sp³-hybridized carbons (Fsp3) is 0.640. The van der Waals surface area contributed by atoms with Gasteiger partial charge in [0, 0.05) is 25.4 Å². The molecular formula is C25H40O4Si. The molecule has 0 radical (unpaired) electrons. The van der Waals surface area contributed by atoms with Crippen molar-refractivity contribution in [1.29, 1.82) is 0 Å². The van der Waals surface area contributed by atoms with Crippen LogP contribution in [0.1, 0.15) is 58.9 Å². The second-order valence-corrected chi connectivity index (χ2v) is 14.2. The molecule has 0 bridgehead atoms. The Labute approximate surface area is 184 Å². The maximum absolute atomic E-state index is 12.7. The van der Waals surface area contributed by atoms with E-state index >= 15 is 0 Å². The molecule has 0 aliphatic carbocycles. The van der Waals surface area contributed by atoms with E-state index in [1.165, 1.54) is 0 Å². The van der Waals surface area contributed by atoms with Crippen molar-refractivity contribution in [2.45, 2.75) is 84.2 Å². The van der Waals surface area contributed by atoms with Crippen LogP contribution in [0, 0.1) is 18.3 Å². The van der Waals surface area contributed by atoms with Crippen LogP contribution in [0.3, 0.4) is 0 Å². The van der Waals surface area contributed by atoms with Crippen molar-refractivity contribution in [2.75, 3.05) is 13.7 Å². The molecule has 30 heavy (non-hydrogen) atoms. The summed E-state index contributed by atoms with van der Waals surface area (Å²) in [6.07, 6.45) is 7.77. The third-order valence-electron chi connectivity index (χ3n) is 6.04. The van der Waals surface area contributed by atoms with Crippen LogP contribution in [0.5, 0.6) is 5.75 Å². The van der Waals surface area contributed by atoms with E-state index in [-0.39, 0.29) is 22.8 Å². The number of rotatable bonds is 13. The van der Waals surface area contributed by atoms with Crippen LogP contribution >= 0.6 is 0 Å². The summed E-state index contributed by atoms with van der Waals surface area (Å²) in [6.45, 7) is 14.2. The zero-order chi connectivity index (χ0) is 22.8. The first-order valence-electron chi connectivity index (χ1n) is 10.9. The van der Waals surface area contributed by atoms with Gasteiger partial charge in [0.05, 0.1) is 19.8 Å². The number of terminal acetylenes is 1. The van der Waals surface area contributed by atoms with Crippen LogP contribution in [-0.4, -0.2) is 33.9 Å². The van der Waals surface area contributed by atoms with Crippen molar-refractivity contribution >= 4 is 14.1 Å². The predicted molar refractivity (Wildman–Crippen MR) is 126 cm³/mol. The molecule has 0 aromatic heterocycles. The van der Waals surface area contributed by atoms with Gasteiger partial charge in [0.1, 0.15) is 11.5 Å². The quantitative estimate of drug-likeness (QED) is 0.218. The summed E-state index contributed by atoms with van der Waals surface area (Å²) in [4.78, 5) is 12.7. The first-order valence-corrected chi connectivity index (χ1v) is 13.8. The Kier molecular flexibility index (Phi) is 10.8. The van der Waals surface area contributed by atoms with E-state index in [0.29, 0.717) is 32.5 Å². The molecule has 168 valence electrons. The number of hydrogen-bond acceptors (Lipinski definition) is 4. The van der Waals surface area contributed by atoms with Gasteiger partial charge >= 0.3 is 0 Å². The summed E-state index contributed by atoms with van der Waals surface area (Å²) in [5.74, 6) is 3.50. The highest BCUT2D eigenvalue weighted by atomic mass is 28.4. The van der Waals surface area contributed by atoms with E-state index < -0.39 is 8.32 Å². The molecule has 0 aliphatic heterocycles. The van der Waals surface area contributed by atoms with Gasteiger partial charge in [0.15, 0.2) is 8.32 Å². The van der Waals surface area contributed by atoms with Gasteiger partial charge in [-0.2, -0.15) is 0 Å². The molecule has 2 atom stereocenters. The summed E-state index contributed by atoms with van der Waals surface area (Å²) in [5.41, 5.74) is 1.09. The number of methoxy groups -OCH3 is 1. The number of unbranched alkanes of at least 4 members (excludes halogenated alkanes) is 1. The molecule has 1 rings (SSSR count). The van der Waals surface area contributed by atoms with Crippen LogP contribution in [0.2, 0.25) is 18.1 Å². The van der Waals surface area contributed by atoms with Crippen LogP contribution < -0.4 is 4.74 Å². The predicted octanol–water partition coefficient (Wildman–Crippen LogP) is 6.00. The van der Waals surface area contributed by atoms with Gasteiger partial charge in [-0.3, -0.25) is 4.79 Å². The van der Waals surface area contributed by atoms with Gasteiger partial charge in [-0.05, 0) is 48.7 Å². The Morgan fingerprint density at radius 3 is 2.37 bits per heavy atom. The average molecular weight is 433 g/mol. The lowest BCUT2D eigenvalue weighted by Crippen LogP contribution is -2.46. The number of ether oxygens (including phenoxy) is 2. The fourth-order valence-electron chi connectivity index (χ4n) is 2.88. The van der Waals surface area contributed by atoms with E-state index in [1.54, 1.807) is 7.11 Å². The summed E-state index contributed by atoms with van der Waals surface area (Å²) >= 11 is 0. The monoisotopic (exact) mass is 432 g/mol. The van der Waals surface area contributed by atoms with Gasteiger partial charge in [-0.1, -0.05) is 39.8 Å². The minimum absolute atomic E-state index is 0.0848. The van der Waals surface area contributed by atoms with E-state index in [9.17, 15) is 4.79 Å². The summed E-state index contributed by atoms with van der Waals surface area (Å²) in [6, 6.07) is 7.86. The lowest BCUT2D eigenvalue weighted by molar-refractivity contribution is -0.125. The van der Waals surface area contributed by atoms with Crippen LogP contribution in [0.15, 0.2) is 24.3 Å². The van der Waals surface area contributed by atoms with Gasteiger partial charge in [0.2, 0.25) is 0 Å². The summed E-state index contributed by atoms with van der Waals surface area (Å²) in [5, 5.41) is 0.0848. The van der Waals surface area contributed by atoms with Crippen LogP contribution in [0.25, 0.3) is 0 Å². The molecule has 0 amide bonds. The van der Waals surface area contributed by atoms with Crippen LogP contribution in [-0.2, 0) is 20.6 Å². The van der Waals surface area contributed by atoms with Crippen molar-refractivity contribution in [2.24, 2.45) is 5.92 Å². The van der Waals surface area contributed by atoms with E-state index in [4.69, 9.17) is 20.3 Å². The Morgan fingerprint density at radius 1 is 1.20 bits per heavy atom. The van der Waals surface area contributed by atoms with Crippen molar-refractivity contribution in [1.82, 2.24) is 0 Å². The number of ketones is 1. The maximum Gasteiger partial charge on any atom is 0.192 e. The first-order chi connectivity index (χ1) is 14.0. The third-order valence-corrected chi connectivity index (χ3v) is 10.5. The molecule has 0 heterocycles. The molecule has 1 aromatic rings. The first kappa shape index (κ1) is 26.4. The number of benzene rings is 1. The zero-order valence-electron chi connectivity index (χ0n) is 19.9. The molecule has 1 aromatic carbocycles. The number of Topliss-reactive ketones (excluding diaryl/α,β-unsaturated/α-hetero) is 1. The summed E-state index contributed by atoms with van der Waals surface area (Å²) in [7, 11) is -0.348. The normalized spacial score (nSPS) is 14.1. The summed E-state index contributed by atoms with van der Waals surface area (Å²) < 4.78 is 17.8. The highest BCUT2D eigenvalue weighted by molar-refractivity contribution is 6.74. The van der Waals surface area contributed by atoms with Gasteiger partial charge in [-0.15, -0.1) is 12.3 Å². The molecule has 5 heteroatoms. The molecular weight excluding hydrogens is 392 g/mol. The topological polar surface area (TPSA) is 44.8 Å². The molecule has 0 aliphatic rings. The van der Waals surface area contributed by atoms with Gasteiger partial charge < -0.3 is 13.9 Å². The number of carbonyl (C=O) groups excluding carboxylic acids is 1. The van der Waals surface area contributed by atoms with Crippen molar-refractivity contribution < 1.29 is 18.7 Å². The Bertz CT molecular complexity index is 683. The van der Waals surface area contributed by atoms with Crippen molar-refractivity contribution in [3.63, 3.8) is 0 Å². The fourth-order valence-corrected chi connectivity index (χ4v) is 4.31. The SMILES string of the molecule is C#CCCCC(=O)[C@@H](C)[C@H](CCOCc1ccc(OC)cc1)O[Si](C)(C)C(C)(C)C. The number of carbonyl (C=O) groups is 1. The maximum atomic E-state index is 12.7. The largest absolute Gasteiger partial charge is 0.497 e.